The Morgan fingerprint density at radius 1 is 1.34 bits per heavy atom. The summed E-state index contributed by atoms with van der Waals surface area (Å²) in [5, 5.41) is 3.00. The molecule has 2 aliphatic rings. The van der Waals surface area contributed by atoms with Gasteiger partial charge in [0, 0.05) is 31.1 Å². The third-order valence-electron chi connectivity index (χ3n) is 5.37. The van der Waals surface area contributed by atoms with Gasteiger partial charge in [0.25, 0.3) is 5.91 Å². The van der Waals surface area contributed by atoms with Crippen molar-refractivity contribution in [3.63, 3.8) is 0 Å². The summed E-state index contributed by atoms with van der Waals surface area (Å²) in [5.74, 6) is 1.15. The molecule has 0 radical (unpaired) electrons. The van der Waals surface area contributed by atoms with Crippen LogP contribution in [0.25, 0.3) is 0 Å². The molecule has 2 aliphatic heterocycles. The lowest BCUT2D eigenvalue weighted by molar-refractivity contribution is -0.121. The summed E-state index contributed by atoms with van der Waals surface area (Å²) in [5.41, 5.74) is 1.70. The number of likely N-dealkylation sites (tertiary alicyclic amines) is 1. The number of furan rings is 1. The Morgan fingerprint density at radius 2 is 2.21 bits per heavy atom. The van der Waals surface area contributed by atoms with Gasteiger partial charge in [-0.3, -0.25) is 9.59 Å². The first kappa shape index (κ1) is 19.4. The first-order valence-electron chi connectivity index (χ1n) is 10.1. The van der Waals surface area contributed by atoms with Crippen LogP contribution >= 0.6 is 0 Å². The number of ether oxygens (including phenoxy) is 2. The third kappa shape index (κ3) is 4.09. The van der Waals surface area contributed by atoms with Crippen molar-refractivity contribution < 1.29 is 23.5 Å². The summed E-state index contributed by atoms with van der Waals surface area (Å²) >= 11 is 0. The number of nitrogens with one attached hydrogen (secondary N) is 1. The highest BCUT2D eigenvalue weighted by Gasteiger charge is 2.31. The molecule has 7 nitrogen and oxygen atoms in total. The average Bonchev–Trinajstić information content (AvgIpc) is 3.37. The second-order valence-electron chi connectivity index (χ2n) is 7.58. The highest BCUT2D eigenvalue weighted by atomic mass is 16.5. The zero-order valence-electron chi connectivity index (χ0n) is 16.8. The van der Waals surface area contributed by atoms with E-state index in [-0.39, 0.29) is 23.8 Å². The molecule has 29 heavy (non-hydrogen) atoms. The van der Waals surface area contributed by atoms with Gasteiger partial charge in [-0.25, -0.2) is 0 Å². The summed E-state index contributed by atoms with van der Waals surface area (Å²) in [6, 6.07) is 7.13. The Balaban J connectivity index is 1.47. The summed E-state index contributed by atoms with van der Waals surface area (Å²) in [4.78, 5) is 27.2. The van der Waals surface area contributed by atoms with Crippen molar-refractivity contribution in [1.29, 1.82) is 0 Å². The second-order valence-corrected chi connectivity index (χ2v) is 7.58. The van der Waals surface area contributed by atoms with Gasteiger partial charge in [0.15, 0.2) is 5.76 Å². The van der Waals surface area contributed by atoms with Gasteiger partial charge in [-0.15, -0.1) is 0 Å². The van der Waals surface area contributed by atoms with E-state index in [2.05, 4.69) is 5.32 Å². The number of nitrogens with zero attached hydrogens (tertiary/aromatic N) is 1. The number of fused-ring (bicyclic) bond motifs is 1. The van der Waals surface area contributed by atoms with E-state index in [9.17, 15) is 9.59 Å². The SMILES string of the molecule is CCOc1cc2c(cc1NC(=O)[C@H]1CCCN(C(=O)c3ccco3)C1)O[C@H](C)C2. The van der Waals surface area contributed by atoms with E-state index in [1.54, 1.807) is 17.0 Å². The molecule has 0 spiro atoms. The van der Waals surface area contributed by atoms with Crippen LogP contribution in [0.4, 0.5) is 5.69 Å². The molecule has 0 bridgehead atoms. The summed E-state index contributed by atoms with van der Waals surface area (Å²) < 4.78 is 16.8. The number of carbonyl (C=O) groups is 2. The largest absolute Gasteiger partial charge is 0.492 e. The van der Waals surface area contributed by atoms with E-state index in [4.69, 9.17) is 13.9 Å². The van der Waals surface area contributed by atoms with Crippen molar-refractivity contribution in [2.75, 3.05) is 25.0 Å². The topological polar surface area (TPSA) is 81.0 Å². The molecule has 2 aromatic rings. The zero-order chi connectivity index (χ0) is 20.4. The predicted molar refractivity (Wildman–Crippen MR) is 107 cm³/mol. The monoisotopic (exact) mass is 398 g/mol. The Bertz CT molecular complexity index is 893. The van der Waals surface area contributed by atoms with Crippen LogP contribution in [0.1, 0.15) is 42.8 Å². The van der Waals surface area contributed by atoms with Gasteiger partial charge in [-0.1, -0.05) is 0 Å². The number of anilines is 1. The van der Waals surface area contributed by atoms with Gasteiger partial charge in [-0.2, -0.15) is 0 Å². The maximum atomic E-state index is 13.0. The van der Waals surface area contributed by atoms with E-state index in [0.717, 1.165) is 30.6 Å². The van der Waals surface area contributed by atoms with Crippen LogP contribution in [-0.2, 0) is 11.2 Å². The lowest BCUT2D eigenvalue weighted by Crippen LogP contribution is -2.43. The summed E-state index contributed by atoms with van der Waals surface area (Å²) in [6.45, 7) is 5.43. The van der Waals surface area contributed by atoms with Crippen LogP contribution in [0.15, 0.2) is 34.9 Å². The van der Waals surface area contributed by atoms with Gasteiger partial charge < -0.3 is 24.1 Å². The Morgan fingerprint density at radius 3 is 2.97 bits per heavy atom. The minimum Gasteiger partial charge on any atom is -0.492 e. The predicted octanol–water partition coefficient (Wildman–Crippen LogP) is 3.49. The van der Waals surface area contributed by atoms with Gasteiger partial charge in [0.1, 0.15) is 17.6 Å². The molecule has 1 N–H and O–H groups in total. The maximum Gasteiger partial charge on any atom is 0.289 e. The molecule has 1 saturated heterocycles. The molecule has 154 valence electrons. The Hall–Kier alpha value is -2.96. The number of hydrogen-bond donors (Lipinski definition) is 1. The van der Waals surface area contributed by atoms with Crippen LogP contribution in [0, 0.1) is 5.92 Å². The number of amides is 2. The highest BCUT2D eigenvalue weighted by molar-refractivity contribution is 5.96. The number of hydrogen-bond acceptors (Lipinski definition) is 5. The van der Waals surface area contributed by atoms with E-state index >= 15 is 0 Å². The van der Waals surface area contributed by atoms with Gasteiger partial charge in [0.05, 0.1) is 24.5 Å². The minimum absolute atomic E-state index is 0.116. The summed E-state index contributed by atoms with van der Waals surface area (Å²) in [6.07, 6.45) is 3.93. The van der Waals surface area contributed by atoms with Crippen molar-refractivity contribution in [1.82, 2.24) is 4.90 Å². The molecular formula is C22H26N2O5. The molecule has 0 aliphatic carbocycles. The van der Waals surface area contributed by atoms with Crippen LogP contribution in [-0.4, -0.2) is 42.5 Å². The third-order valence-corrected chi connectivity index (χ3v) is 5.37. The lowest BCUT2D eigenvalue weighted by atomic mass is 9.96. The molecule has 1 aromatic heterocycles. The Kier molecular flexibility index (Phi) is 5.47. The number of benzene rings is 1. The fourth-order valence-electron chi connectivity index (χ4n) is 3.98. The Labute approximate surface area is 170 Å². The molecule has 2 amide bonds. The van der Waals surface area contributed by atoms with Crippen LogP contribution in [0.3, 0.4) is 0 Å². The first-order chi connectivity index (χ1) is 14.0. The van der Waals surface area contributed by atoms with Crippen molar-refractivity contribution in [2.45, 2.75) is 39.2 Å². The first-order valence-corrected chi connectivity index (χ1v) is 10.1. The maximum absolute atomic E-state index is 13.0. The molecule has 4 rings (SSSR count). The lowest BCUT2D eigenvalue weighted by Gasteiger charge is -2.31. The smallest absolute Gasteiger partial charge is 0.289 e. The molecule has 2 atom stereocenters. The fraction of sp³-hybridized carbons (Fsp3) is 0.455. The van der Waals surface area contributed by atoms with Crippen molar-refractivity contribution in [3.8, 4) is 11.5 Å². The molecule has 0 saturated carbocycles. The number of piperidine rings is 1. The second kappa shape index (κ2) is 8.19. The molecule has 1 fully saturated rings. The molecular weight excluding hydrogens is 372 g/mol. The zero-order valence-corrected chi connectivity index (χ0v) is 16.8. The number of rotatable bonds is 5. The van der Waals surface area contributed by atoms with Crippen molar-refractivity contribution in [3.05, 3.63) is 41.9 Å². The van der Waals surface area contributed by atoms with Crippen molar-refractivity contribution >= 4 is 17.5 Å². The summed E-state index contributed by atoms with van der Waals surface area (Å²) in [7, 11) is 0. The highest BCUT2D eigenvalue weighted by Crippen LogP contribution is 2.38. The van der Waals surface area contributed by atoms with Gasteiger partial charge in [0.2, 0.25) is 5.91 Å². The molecule has 1 aromatic carbocycles. The normalized spacial score (nSPS) is 20.7. The van der Waals surface area contributed by atoms with E-state index in [1.807, 2.05) is 26.0 Å². The molecule has 3 heterocycles. The quantitative estimate of drug-likeness (QED) is 0.834. The molecule has 0 unspecified atom stereocenters. The van der Waals surface area contributed by atoms with Gasteiger partial charge in [-0.05, 0) is 44.9 Å². The fourth-order valence-corrected chi connectivity index (χ4v) is 3.98. The van der Waals surface area contributed by atoms with E-state index in [0.29, 0.717) is 36.9 Å². The van der Waals surface area contributed by atoms with Crippen molar-refractivity contribution in [2.24, 2.45) is 5.92 Å². The number of carbonyl (C=O) groups excluding carboxylic acids is 2. The molecule has 7 heteroatoms. The van der Waals surface area contributed by atoms with Crippen LogP contribution < -0.4 is 14.8 Å². The standard InChI is InChI=1S/C22H26N2O5/c1-3-27-20-11-16-10-14(2)29-19(16)12-17(20)23-21(25)15-6-4-8-24(13-15)22(26)18-7-5-9-28-18/h5,7,9,11-12,14-15H,3-4,6,8,10,13H2,1-2H3,(H,23,25)/t14-,15+/m1/s1. The van der Waals surface area contributed by atoms with E-state index in [1.165, 1.54) is 6.26 Å². The minimum atomic E-state index is -0.287. The van der Waals surface area contributed by atoms with Crippen LogP contribution in [0.2, 0.25) is 0 Å². The van der Waals surface area contributed by atoms with E-state index < -0.39 is 0 Å². The van der Waals surface area contributed by atoms with Gasteiger partial charge >= 0.3 is 0 Å². The average molecular weight is 398 g/mol. The van der Waals surface area contributed by atoms with Crippen LogP contribution in [0.5, 0.6) is 11.5 Å².